The van der Waals surface area contributed by atoms with E-state index >= 15 is 0 Å². The van der Waals surface area contributed by atoms with Crippen molar-refractivity contribution in [2.24, 2.45) is 0 Å². The first-order valence-corrected chi connectivity index (χ1v) is 6.34. The van der Waals surface area contributed by atoms with E-state index in [2.05, 4.69) is 26.2 Å². The molecule has 1 unspecified atom stereocenters. The molecule has 1 atom stereocenters. The number of anilines is 1. The van der Waals surface area contributed by atoms with Crippen LogP contribution in [0.1, 0.15) is 11.7 Å². The van der Waals surface area contributed by atoms with Crippen LogP contribution >= 0.6 is 15.9 Å². The molecular formula is C13H11BrF2N2O. The topological polar surface area (TPSA) is 45.1 Å². The molecule has 0 aliphatic rings. The first-order valence-electron chi connectivity index (χ1n) is 5.55. The largest absolute Gasteiger partial charge is 0.386 e. The molecule has 6 heteroatoms. The number of nitrogens with zero attached hydrogens (tertiary/aromatic N) is 1. The number of aliphatic hydroxyl groups excluding tert-OH is 1. The average molecular weight is 329 g/mol. The van der Waals surface area contributed by atoms with Crippen molar-refractivity contribution >= 4 is 21.7 Å². The zero-order valence-corrected chi connectivity index (χ0v) is 11.4. The Morgan fingerprint density at radius 1 is 1.21 bits per heavy atom. The molecule has 0 saturated carbocycles. The van der Waals surface area contributed by atoms with Crippen LogP contribution in [0.3, 0.4) is 0 Å². The Bertz CT molecular complexity index is 543. The molecule has 100 valence electrons. The summed E-state index contributed by atoms with van der Waals surface area (Å²) in [5.74, 6) is -1.02. The molecule has 3 nitrogen and oxygen atoms in total. The van der Waals surface area contributed by atoms with E-state index in [1.54, 1.807) is 18.3 Å². The normalized spacial score (nSPS) is 12.2. The number of hydrogen-bond acceptors (Lipinski definition) is 3. The molecule has 0 fully saturated rings. The molecule has 2 aromatic rings. The third kappa shape index (κ3) is 3.48. The Balaban J connectivity index is 2.05. The van der Waals surface area contributed by atoms with Gasteiger partial charge in [0.25, 0.3) is 0 Å². The van der Waals surface area contributed by atoms with Gasteiger partial charge in [-0.2, -0.15) is 0 Å². The summed E-state index contributed by atoms with van der Waals surface area (Å²) in [4.78, 5) is 4.03. The first-order chi connectivity index (χ1) is 9.08. The van der Waals surface area contributed by atoms with Crippen LogP contribution in [0, 0.1) is 11.6 Å². The van der Waals surface area contributed by atoms with E-state index < -0.39 is 17.7 Å². The van der Waals surface area contributed by atoms with E-state index in [1.165, 1.54) is 6.07 Å². The molecule has 0 amide bonds. The maximum Gasteiger partial charge on any atom is 0.132 e. The van der Waals surface area contributed by atoms with Crippen molar-refractivity contribution in [3.05, 3.63) is 58.2 Å². The van der Waals surface area contributed by atoms with Crippen LogP contribution in [0.5, 0.6) is 0 Å². The van der Waals surface area contributed by atoms with Crippen molar-refractivity contribution in [1.82, 2.24) is 4.98 Å². The summed E-state index contributed by atoms with van der Waals surface area (Å²) < 4.78 is 27.7. The quantitative estimate of drug-likeness (QED) is 0.905. The van der Waals surface area contributed by atoms with Crippen LogP contribution in [0.2, 0.25) is 0 Å². The summed E-state index contributed by atoms with van der Waals surface area (Å²) in [6.45, 7) is -0.0352. The van der Waals surface area contributed by atoms with Gasteiger partial charge in [0.1, 0.15) is 23.6 Å². The zero-order chi connectivity index (χ0) is 13.8. The predicted octanol–water partition coefficient (Wildman–Crippen LogP) is 3.27. The maximum atomic E-state index is 13.4. The van der Waals surface area contributed by atoms with Crippen molar-refractivity contribution < 1.29 is 13.9 Å². The minimum absolute atomic E-state index is 0.0352. The van der Waals surface area contributed by atoms with Crippen molar-refractivity contribution in [2.45, 2.75) is 6.10 Å². The van der Waals surface area contributed by atoms with Crippen molar-refractivity contribution in [3.63, 3.8) is 0 Å². The predicted molar refractivity (Wildman–Crippen MR) is 71.7 cm³/mol. The van der Waals surface area contributed by atoms with Crippen LogP contribution in [0.15, 0.2) is 41.0 Å². The smallest absolute Gasteiger partial charge is 0.132 e. The second-order valence-corrected chi connectivity index (χ2v) is 4.81. The molecular weight excluding hydrogens is 318 g/mol. The van der Waals surface area contributed by atoms with Gasteiger partial charge in [-0.15, -0.1) is 0 Å². The highest BCUT2D eigenvalue weighted by Gasteiger charge is 2.17. The Hall–Kier alpha value is -1.53. The second kappa shape index (κ2) is 6.08. The minimum atomic E-state index is -1.29. The van der Waals surface area contributed by atoms with Crippen molar-refractivity contribution in [3.8, 4) is 0 Å². The SMILES string of the molecule is OC(CNc1ccc(Br)cn1)c1c(F)cccc1F. The molecule has 1 heterocycles. The van der Waals surface area contributed by atoms with Gasteiger partial charge in [0.15, 0.2) is 0 Å². The lowest BCUT2D eigenvalue weighted by atomic mass is 10.1. The summed E-state index contributed by atoms with van der Waals surface area (Å²) in [5.41, 5.74) is -0.341. The molecule has 1 aromatic heterocycles. The number of aliphatic hydroxyl groups is 1. The van der Waals surface area contributed by atoms with Crippen LogP contribution in [0.25, 0.3) is 0 Å². The van der Waals surface area contributed by atoms with E-state index in [1.807, 2.05) is 0 Å². The lowest BCUT2D eigenvalue weighted by Gasteiger charge is -2.14. The molecule has 0 radical (unpaired) electrons. The van der Waals surface area contributed by atoms with Gasteiger partial charge in [0.2, 0.25) is 0 Å². The average Bonchev–Trinajstić information content (AvgIpc) is 2.38. The summed E-state index contributed by atoms with van der Waals surface area (Å²) in [7, 11) is 0. The van der Waals surface area contributed by atoms with Gasteiger partial charge in [-0.3, -0.25) is 0 Å². The molecule has 2 N–H and O–H groups in total. The molecule has 1 aromatic carbocycles. The Labute approximate surface area is 117 Å². The molecule has 19 heavy (non-hydrogen) atoms. The number of aromatic nitrogens is 1. The van der Waals surface area contributed by atoms with E-state index in [0.29, 0.717) is 5.82 Å². The fraction of sp³-hybridized carbons (Fsp3) is 0.154. The number of halogens is 3. The van der Waals surface area contributed by atoms with Gasteiger partial charge < -0.3 is 10.4 Å². The molecule has 2 rings (SSSR count). The fourth-order valence-electron chi connectivity index (χ4n) is 1.61. The van der Waals surface area contributed by atoms with Crippen LogP contribution in [0.4, 0.5) is 14.6 Å². The monoisotopic (exact) mass is 328 g/mol. The molecule has 0 saturated heterocycles. The highest BCUT2D eigenvalue weighted by molar-refractivity contribution is 9.10. The third-order valence-corrected chi connectivity index (χ3v) is 3.01. The minimum Gasteiger partial charge on any atom is -0.386 e. The summed E-state index contributed by atoms with van der Waals surface area (Å²) in [6.07, 6.45) is 0.296. The molecule has 0 aliphatic heterocycles. The summed E-state index contributed by atoms with van der Waals surface area (Å²) >= 11 is 3.24. The number of rotatable bonds is 4. The van der Waals surface area contributed by atoms with Crippen molar-refractivity contribution in [1.29, 1.82) is 0 Å². The van der Waals surface area contributed by atoms with Crippen LogP contribution < -0.4 is 5.32 Å². The highest BCUT2D eigenvalue weighted by atomic mass is 79.9. The van der Waals surface area contributed by atoms with E-state index in [0.717, 1.165) is 16.6 Å². The molecule has 0 bridgehead atoms. The van der Waals surface area contributed by atoms with E-state index in [9.17, 15) is 13.9 Å². The Morgan fingerprint density at radius 3 is 2.47 bits per heavy atom. The zero-order valence-electron chi connectivity index (χ0n) is 9.78. The third-order valence-electron chi connectivity index (χ3n) is 2.54. The summed E-state index contributed by atoms with van der Waals surface area (Å²) in [6, 6.07) is 6.93. The number of hydrogen-bond donors (Lipinski definition) is 2. The lowest BCUT2D eigenvalue weighted by Crippen LogP contribution is -2.15. The Morgan fingerprint density at radius 2 is 1.89 bits per heavy atom. The number of nitrogens with one attached hydrogen (secondary N) is 1. The van der Waals surface area contributed by atoms with E-state index in [-0.39, 0.29) is 12.1 Å². The van der Waals surface area contributed by atoms with Gasteiger partial charge >= 0.3 is 0 Å². The molecule has 0 spiro atoms. The first kappa shape index (κ1) is 13.9. The second-order valence-electron chi connectivity index (χ2n) is 3.89. The van der Waals surface area contributed by atoms with Gasteiger partial charge in [0.05, 0.1) is 5.56 Å². The van der Waals surface area contributed by atoms with Crippen LogP contribution in [-0.2, 0) is 0 Å². The Kier molecular flexibility index (Phi) is 4.44. The van der Waals surface area contributed by atoms with E-state index in [4.69, 9.17) is 0 Å². The molecule has 0 aliphatic carbocycles. The van der Waals surface area contributed by atoms with Gasteiger partial charge in [-0.05, 0) is 40.2 Å². The summed E-state index contributed by atoms with van der Waals surface area (Å²) in [5, 5.41) is 12.6. The lowest BCUT2D eigenvalue weighted by molar-refractivity contribution is 0.181. The van der Waals surface area contributed by atoms with Gasteiger partial charge in [-0.25, -0.2) is 13.8 Å². The standard InChI is InChI=1S/C13H11BrF2N2O/c14-8-4-5-12(17-6-8)18-7-11(19)13-9(15)2-1-3-10(13)16/h1-6,11,19H,7H2,(H,17,18). The van der Waals surface area contributed by atoms with Gasteiger partial charge in [-0.1, -0.05) is 6.07 Å². The number of benzene rings is 1. The van der Waals surface area contributed by atoms with Crippen molar-refractivity contribution in [2.75, 3.05) is 11.9 Å². The van der Waals surface area contributed by atoms with Crippen LogP contribution in [-0.4, -0.2) is 16.6 Å². The highest BCUT2D eigenvalue weighted by Crippen LogP contribution is 2.21. The fourth-order valence-corrected chi connectivity index (χ4v) is 1.85. The maximum absolute atomic E-state index is 13.4. The number of pyridine rings is 1. The van der Waals surface area contributed by atoms with Gasteiger partial charge in [0, 0.05) is 17.2 Å².